The molecule has 4 nitrogen and oxygen atoms in total. The molecule has 98 valence electrons. The second kappa shape index (κ2) is 4.25. The minimum Gasteiger partial charge on any atom is -0.390 e. The predicted molar refractivity (Wildman–Crippen MR) is 66.7 cm³/mol. The lowest BCUT2D eigenvalue weighted by Crippen LogP contribution is -2.71. The Bertz CT molecular complexity index is 297. The fourth-order valence-corrected chi connectivity index (χ4v) is 2.93. The number of carbonyl (C=O) groups is 1. The molecule has 0 saturated carbocycles. The molecule has 0 radical (unpaired) electrons. The minimum absolute atomic E-state index is 0.113. The Balaban J connectivity index is 1.92. The van der Waals surface area contributed by atoms with E-state index < -0.39 is 5.60 Å². The topological polar surface area (TPSA) is 43.8 Å². The summed E-state index contributed by atoms with van der Waals surface area (Å²) in [5.74, 6) is 0.113. The molecule has 17 heavy (non-hydrogen) atoms. The van der Waals surface area contributed by atoms with Gasteiger partial charge < -0.3 is 10.0 Å². The molecule has 1 N–H and O–H groups in total. The maximum absolute atomic E-state index is 12.1. The summed E-state index contributed by atoms with van der Waals surface area (Å²) in [6.45, 7) is 9.78. The molecule has 3 heterocycles. The van der Waals surface area contributed by atoms with Crippen molar-refractivity contribution in [1.82, 2.24) is 9.80 Å². The van der Waals surface area contributed by atoms with Gasteiger partial charge in [-0.2, -0.15) is 0 Å². The number of fused-ring (bicyclic) bond motifs is 2. The second-order valence-corrected chi connectivity index (χ2v) is 6.38. The third-order valence-electron chi connectivity index (χ3n) is 3.82. The van der Waals surface area contributed by atoms with Crippen LogP contribution in [0.25, 0.3) is 0 Å². The molecule has 3 rings (SSSR count). The molecule has 2 bridgehead atoms. The molecule has 4 heteroatoms. The lowest BCUT2D eigenvalue weighted by molar-refractivity contribution is -0.159. The molecule has 3 saturated heterocycles. The third-order valence-corrected chi connectivity index (χ3v) is 3.82. The van der Waals surface area contributed by atoms with Crippen molar-refractivity contribution in [3.8, 4) is 0 Å². The van der Waals surface area contributed by atoms with Gasteiger partial charge in [-0.15, -0.1) is 0 Å². The van der Waals surface area contributed by atoms with Gasteiger partial charge in [0.15, 0.2) is 0 Å². The van der Waals surface area contributed by atoms with E-state index in [2.05, 4.69) is 18.7 Å². The van der Waals surface area contributed by atoms with Gasteiger partial charge in [0.2, 0.25) is 5.91 Å². The molecule has 0 spiro atoms. The quantitative estimate of drug-likeness (QED) is 0.795. The van der Waals surface area contributed by atoms with Crippen LogP contribution in [0.1, 0.15) is 40.5 Å². The monoisotopic (exact) mass is 240 g/mol. The smallest absolute Gasteiger partial charge is 0.226 e. The standard InChI is InChI=1S/C13H24N2O2/c1-9(2)14-7-10-5-11(8-14)15(10)12(16)6-13(3,4)17/h9-11,17H,5-8H2,1-4H3. The van der Waals surface area contributed by atoms with E-state index in [1.807, 2.05) is 4.90 Å². The van der Waals surface area contributed by atoms with Gasteiger partial charge in [0.1, 0.15) is 0 Å². The Morgan fingerprint density at radius 3 is 2.29 bits per heavy atom. The van der Waals surface area contributed by atoms with E-state index in [1.165, 1.54) is 0 Å². The zero-order chi connectivity index (χ0) is 12.8. The van der Waals surface area contributed by atoms with Crippen LogP contribution in [0.2, 0.25) is 0 Å². The second-order valence-electron chi connectivity index (χ2n) is 6.38. The molecule has 0 aromatic rings. The zero-order valence-electron chi connectivity index (χ0n) is 11.3. The first-order valence-electron chi connectivity index (χ1n) is 6.55. The molecule has 0 aliphatic carbocycles. The number of amides is 1. The number of carbonyl (C=O) groups excluding carboxylic acids is 1. The van der Waals surface area contributed by atoms with Crippen molar-refractivity contribution >= 4 is 5.91 Å². The summed E-state index contributed by atoms with van der Waals surface area (Å²) >= 11 is 0. The number of aliphatic hydroxyl groups is 1. The summed E-state index contributed by atoms with van der Waals surface area (Å²) in [5, 5.41) is 9.70. The van der Waals surface area contributed by atoms with Crippen LogP contribution in [0.3, 0.4) is 0 Å². The molecular weight excluding hydrogens is 216 g/mol. The lowest BCUT2D eigenvalue weighted by atomic mass is 9.85. The van der Waals surface area contributed by atoms with Crippen LogP contribution in [0, 0.1) is 0 Å². The van der Waals surface area contributed by atoms with E-state index in [-0.39, 0.29) is 12.3 Å². The van der Waals surface area contributed by atoms with Gasteiger partial charge in [0.25, 0.3) is 0 Å². The number of rotatable bonds is 3. The maximum Gasteiger partial charge on any atom is 0.226 e. The Morgan fingerprint density at radius 1 is 1.35 bits per heavy atom. The van der Waals surface area contributed by atoms with Gasteiger partial charge in [-0.3, -0.25) is 9.69 Å². The Hall–Kier alpha value is -0.610. The van der Waals surface area contributed by atoms with Crippen LogP contribution < -0.4 is 0 Å². The van der Waals surface area contributed by atoms with Crippen molar-refractivity contribution in [3.05, 3.63) is 0 Å². The highest BCUT2D eigenvalue weighted by atomic mass is 16.3. The Labute approximate surface area is 104 Å². The third kappa shape index (κ3) is 2.63. The molecule has 3 aliphatic heterocycles. The van der Waals surface area contributed by atoms with Gasteiger partial charge in [-0.25, -0.2) is 0 Å². The van der Waals surface area contributed by atoms with Gasteiger partial charge >= 0.3 is 0 Å². The van der Waals surface area contributed by atoms with Gasteiger partial charge in [0, 0.05) is 31.2 Å². The molecule has 3 aliphatic rings. The van der Waals surface area contributed by atoms with Crippen LogP contribution in [-0.2, 0) is 4.79 Å². The van der Waals surface area contributed by atoms with Crippen molar-refractivity contribution < 1.29 is 9.90 Å². The minimum atomic E-state index is -0.890. The van der Waals surface area contributed by atoms with Gasteiger partial charge in [-0.05, 0) is 34.1 Å². The molecule has 3 fully saturated rings. The van der Waals surface area contributed by atoms with Crippen LogP contribution in [-0.4, -0.2) is 57.6 Å². The van der Waals surface area contributed by atoms with Crippen LogP contribution in [0.15, 0.2) is 0 Å². The van der Waals surface area contributed by atoms with Crippen LogP contribution in [0.5, 0.6) is 0 Å². The zero-order valence-corrected chi connectivity index (χ0v) is 11.3. The average molecular weight is 240 g/mol. The molecule has 2 atom stereocenters. The summed E-state index contributed by atoms with van der Waals surface area (Å²) in [4.78, 5) is 16.5. The summed E-state index contributed by atoms with van der Waals surface area (Å²) in [6.07, 6.45) is 1.38. The highest BCUT2D eigenvalue weighted by molar-refractivity contribution is 5.79. The highest BCUT2D eigenvalue weighted by Crippen LogP contribution is 2.34. The maximum atomic E-state index is 12.1. The van der Waals surface area contributed by atoms with Crippen molar-refractivity contribution in [2.75, 3.05) is 13.1 Å². The van der Waals surface area contributed by atoms with E-state index in [4.69, 9.17) is 0 Å². The lowest BCUT2D eigenvalue weighted by Gasteiger charge is -2.57. The number of piperidine rings is 1. The van der Waals surface area contributed by atoms with E-state index in [0.29, 0.717) is 18.1 Å². The fraction of sp³-hybridized carbons (Fsp3) is 0.923. The average Bonchev–Trinajstić information content (AvgIpc) is 2.14. The van der Waals surface area contributed by atoms with Crippen molar-refractivity contribution in [2.45, 2.75) is 64.3 Å². The SMILES string of the molecule is CC(C)N1CC2CC(C1)N2C(=O)CC(C)(C)O. The Morgan fingerprint density at radius 2 is 1.88 bits per heavy atom. The first-order chi connectivity index (χ1) is 7.78. The van der Waals surface area contributed by atoms with Crippen LogP contribution in [0.4, 0.5) is 0 Å². The Kier molecular flexibility index (Phi) is 3.21. The first-order valence-corrected chi connectivity index (χ1v) is 6.55. The number of piperazine rings is 1. The van der Waals surface area contributed by atoms with Crippen LogP contribution >= 0.6 is 0 Å². The molecule has 0 aromatic heterocycles. The summed E-state index contributed by atoms with van der Waals surface area (Å²) < 4.78 is 0. The molecule has 2 unspecified atom stereocenters. The number of hydrogen-bond donors (Lipinski definition) is 1. The van der Waals surface area contributed by atoms with Crippen molar-refractivity contribution in [1.29, 1.82) is 0 Å². The molecule has 0 aromatic carbocycles. The van der Waals surface area contributed by atoms with E-state index >= 15 is 0 Å². The van der Waals surface area contributed by atoms with Gasteiger partial charge in [-0.1, -0.05) is 0 Å². The van der Waals surface area contributed by atoms with E-state index in [0.717, 1.165) is 19.5 Å². The van der Waals surface area contributed by atoms with Crippen molar-refractivity contribution in [2.24, 2.45) is 0 Å². The van der Waals surface area contributed by atoms with Crippen molar-refractivity contribution in [3.63, 3.8) is 0 Å². The summed E-state index contributed by atoms with van der Waals surface area (Å²) in [7, 11) is 0. The normalized spacial score (nSPS) is 29.4. The number of hydrogen-bond acceptors (Lipinski definition) is 3. The summed E-state index contributed by atoms with van der Waals surface area (Å²) in [5.41, 5.74) is -0.890. The van der Waals surface area contributed by atoms with E-state index in [1.54, 1.807) is 13.8 Å². The fourth-order valence-electron chi connectivity index (χ4n) is 2.93. The molecular formula is C13H24N2O2. The van der Waals surface area contributed by atoms with Gasteiger partial charge in [0.05, 0.1) is 12.0 Å². The number of nitrogens with zero attached hydrogens (tertiary/aromatic N) is 2. The largest absolute Gasteiger partial charge is 0.390 e. The highest BCUT2D eigenvalue weighted by Gasteiger charge is 2.47. The van der Waals surface area contributed by atoms with E-state index in [9.17, 15) is 9.90 Å². The summed E-state index contributed by atoms with van der Waals surface area (Å²) in [6, 6.07) is 1.32. The first kappa shape index (κ1) is 12.8. The molecule has 1 amide bonds. The predicted octanol–water partition coefficient (Wildman–Crippen LogP) is 0.841.